The quantitative estimate of drug-likeness (QED) is 0.773. The molecule has 0 aromatic heterocycles. The van der Waals surface area contributed by atoms with Crippen molar-refractivity contribution in [2.75, 3.05) is 18.1 Å². The second-order valence-electron chi connectivity index (χ2n) is 5.75. The highest BCUT2D eigenvalue weighted by atomic mass is 32.2. The van der Waals surface area contributed by atoms with Gasteiger partial charge in [-0.1, -0.05) is 13.8 Å². The van der Waals surface area contributed by atoms with E-state index in [4.69, 9.17) is 0 Å². The number of thioether (sulfide) groups is 1. The molecule has 14 heavy (non-hydrogen) atoms. The number of nitrogens with one attached hydrogen (secondary N) is 1. The smallest absolute Gasteiger partial charge is 0.0248 e. The Kier molecular flexibility index (Phi) is 3.43. The van der Waals surface area contributed by atoms with E-state index in [1.54, 1.807) is 0 Å². The van der Waals surface area contributed by atoms with Gasteiger partial charge in [0.25, 0.3) is 0 Å². The Morgan fingerprint density at radius 2 is 1.86 bits per heavy atom. The van der Waals surface area contributed by atoms with Crippen LogP contribution in [0.4, 0.5) is 0 Å². The molecule has 1 heterocycles. The molecule has 0 radical (unpaired) electrons. The highest BCUT2D eigenvalue weighted by molar-refractivity contribution is 8.00. The van der Waals surface area contributed by atoms with Crippen molar-refractivity contribution in [3.05, 3.63) is 0 Å². The molecular formula is C12H23NS. The first kappa shape index (κ1) is 10.8. The average molecular weight is 213 g/mol. The first-order valence-electron chi connectivity index (χ1n) is 5.97. The Balaban J connectivity index is 1.63. The fourth-order valence-electron chi connectivity index (χ4n) is 2.35. The van der Waals surface area contributed by atoms with Gasteiger partial charge in [-0.3, -0.25) is 0 Å². The summed E-state index contributed by atoms with van der Waals surface area (Å²) in [6.07, 6.45) is 5.75. The highest BCUT2D eigenvalue weighted by Gasteiger charge is 2.27. The molecule has 2 fully saturated rings. The minimum atomic E-state index is 0.628. The maximum atomic E-state index is 3.70. The van der Waals surface area contributed by atoms with Gasteiger partial charge in [-0.15, -0.1) is 0 Å². The van der Waals surface area contributed by atoms with E-state index in [1.165, 1.54) is 43.7 Å². The van der Waals surface area contributed by atoms with Gasteiger partial charge in [-0.25, -0.2) is 0 Å². The van der Waals surface area contributed by atoms with Crippen molar-refractivity contribution in [1.82, 2.24) is 5.32 Å². The minimum Gasteiger partial charge on any atom is -0.312 e. The molecule has 2 aliphatic rings. The summed E-state index contributed by atoms with van der Waals surface area (Å²) in [5, 5.41) is 3.70. The van der Waals surface area contributed by atoms with Gasteiger partial charge in [0.2, 0.25) is 0 Å². The Morgan fingerprint density at radius 1 is 1.21 bits per heavy atom. The first-order valence-corrected chi connectivity index (χ1v) is 7.12. The molecule has 0 aromatic rings. The van der Waals surface area contributed by atoms with Gasteiger partial charge in [0.05, 0.1) is 0 Å². The van der Waals surface area contributed by atoms with E-state index in [-0.39, 0.29) is 0 Å². The van der Waals surface area contributed by atoms with Gasteiger partial charge >= 0.3 is 0 Å². The predicted octanol–water partition coefficient (Wildman–Crippen LogP) is 2.91. The molecule has 1 aliphatic heterocycles. The molecule has 1 saturated carbocycles. The van der Waals surface area contributed by atoms with Crippen molar-refractivity contribution in [3.8, 4) is 0 Å². The number of rotatable bonds is 3. The molecule has 82 valence electrons. The second kappa shape index (κ2) is 4.44. The van der Waals surface area contributed by atoms with E-state index >= 15 is 0 Å². The third kappa shape index (κ3) is 2.90. The van der Waals surface area contributed by atoms with Crippen molar-refractivity contribution in [2.24, 2.45) is 11.3 Å². The fourth-order valence-corrected chi connectivity index (χ4v) is 3.06. The summed E-state index contributed by atoms with van der Waals surface area (Å²) in [5.41, 5.74) is 0.628. The first-order chi connectivity index (χ1) is 6.66. The van der Waals surface area contributed by atoms with Crippen LogP contribution in [0, 0.1) is 11.3 Å². The molecule has 1 N–H and O–H groups in total. The molecule has 2 rings (SSSR count). The average Bonchev–Trinajstić information content (AvgIpc) is 2.05. The van der Waals surface area contributed by atoms with Crippen molar-refractivity contribution in [3.63, 3.8) is 0 Å². The van der Waals surface area contributed by atoms with Gasteiger partial charge in [0.15, 0.2) is 0 Å². The maximum absolute atomic E-state index is 3.70. The van der Waals surface area contributed by atoms with Gasteiger partial charge in [0.1, 0.15) is 0 Å². The van der Waals surface area contributed by atoms with E-state index in [0.717, 1.165) is 12.0 Å². The van der Waals surface area contributed by atoms with Crippen LogP contribution in [0.25, 0.3) is 0 Å². The van der Waals surface area contributed by atoms with Crippen LogP contribution in [0.5, 0.6) is 0 Å². The lowest BCUT2D eigenvalue weighted by Crippen LogP contribution is -2.43. The molecule has 1 saturated heterocycles. The summed E-state index contributed by atoms with van der Waals surface area (Å²) in [6.45, 7) is 6.11. The Labute approximate surface area is 92.4 Å². The number of hydrogen-bond donors (Lipinski definition) is 1. The van der Waals surface area contributed by atoms with Crippen molar-refractivity contribution >= 4 is 11.8 Å². The lowest BCUT2D eigenvalue weighted by Gasteiger charge is -2.36. The van der Waals surface area contributed by atoms with E-state index in [0.29, 0.717) is 5.41 Å². The molecule has 0 atom stereocenters. The van der Waals surface area contributed by atoms with E-state index in [1.807, 2.05) is 0 Å². The Morgan fingerprint density at radius 3 is 2.36 bits per heavy atom. The van der Waals surface area contributed by atoms with Crippen LogP contribution in [0.1, 0.15) is 39.5 Å². The minimum absolute atomic E-state index is 0.628. The normalized spacial score (nSPS) is 28.7. The van der Waals surface area contributed by atoms with E-state index in [2.05, 4.69) is 30.9 Å². The van der Waals surface area contributed by atoms with Gasteiger partial charge < -0.3 is 5.32 Å². The van der Waals surface area contributed by atoms with Crippen LogP contribution in [-0.4, -0.2) is 24.1 Å². The molecule has 2 heteroatoms. The number of hydrogen-bond acceptors (Lipinski definition) is 2. The Hall–Kier alpha value is 0.310. The van der Waals surface area contributed by atoms with Crippen molar-refractivity contribution in [1.29, 1.82) is 0 Å². The molecule has 0 unspecified atom stereocenters. The molecule has 0 aromatic carbocycles. The SMILES string of the molecule is CC1(C)CCC(CNC2CSC2)CC1. The van der Waals surface area contributed by atoms with Gasteiger partial charge in [-0.05, 0) is 43.6 Å². The molecular weight excluding hydrogens is 190 g/mol. The van der Waals surface area contributed by atoms with Crippen LogP contribution < -0.4 is 5.32 Å². The van der Waals surface area contributed by atoms with Crippen LogP contribution in [0.15, 0.2) is 0 Å². The summed E-state index contributed by atoms with van der Waals surface area (Å²) in [5.74, 6) is 3.66. The third-order valence-electron chi connectivity index (χ3n) is 3.79. The predicted molar refractivity (Wildman–Crippen MR) is 64.9 cm³/mol. The summed E-state index contributed by atoms with van der Waals surface area (Å²) >= 11 is 2.07. The van der Waals surface area contributed by atoms with E-state index in [9.17, 15) is 0 Å². The Bertz CT molecular complexity index is 177. The van der Waals surface area contributed by atoms with Crippen molar-refractivity contribution in [2.45, 2.75) is 45.6 Å². The zero-order chi connectivity index (χ0) is 10.0. The summed E-state index contributed by atoms with van der Waals surface area (Å²) in [7, 11) is 0. The zero-order valence-electron chi connectivity index (χ0n) is 9.51. The molecule has 1 aliphatic carbocycles. The standard InChI is InChI=1S/C12H23NS/c1-12(2)5-3-10(4-6-12)7-13-11-8-14-9-11/h10-11,13H,3-9H2,1-2H3. The molecule has 0 bridgehead atoms. The zero-order valence-corrected chi connectivity index (χ0v) is 10.3. The second-order valence-corrected chi connectivity index (χ2v) is 6.83. The van der Waals surface area contributed by atoms with Crippen LogP contribution in [-0.2, 0) is 0 Å². The third-order valence-corrected chi connectivity index (χ3v) is 5.07. The van der Waals surface area contributed by atoms with Gasteiger partial charge in [-0.2, -0.15) is 11.8 Å². The van der Waals surface area contributed by atoms with Crippen molar-refractivity contribution < 1.29 is 0 Å². The summed E-state index contributed by atoms with van der Waals surface area (Å²) in [6, 6.07) is 0.843. The largest absolute Gasteiger partial charge is 0.312 e. The molecule has 1 nitrogen and oxygen atoms in total. The molecule has 0 amide bonds. The fraction of sp³-hybridized carbons (Fsp3) is 1.00. The van der Waals surface area contributed by atoms with E-state index < -0.39 is 0 Å². The molecule has 0 spiro atoms. The van der Waals surface area contributed by atoms with Crippen LogP contribution >= 0.6 is 11.8 Å². The van der Waals surface area contributed by atoms with Crippen LogP contribution in [0.3, 0.4) is 0 Å². The summed E-state index contributed by atoms with van der Waals surface area (Å²) in [4.78, 5) is 0. The topological polar surface area (TPSA) is 12.0 Å². The maximum Gasteiger partial charge on any atom is 0.0248 e. The lowest BCUT2D eigenvalue weighted by atomic mass is 9.73. The lowest BCUT2D eigenvalue weighted by molar-refractivity contribution is 0.187. The van der Waals surface area contributed by atoms with Crippen LogP contribution in [0.2, 0.25) is 0 Å². The highest BCUT2D eigenvalue weighted by Crippen LogP contribution is 2.37. The monoisotopic (exact) mass is 213 g/mol. The summed E-state index contributed by atoms with van der Waals surface area (Å²) < 4.78 is 0. The van der Waals surface area contributed by atoms with Gasteiger partial charge in [0, 0.05) is 17.5 Å².